The average Bonchev–Trinajstić information content (AvgIpc) is 3.23. The van der Waals surface area contributed by atoms with Crippen molar-refractivity contribution in [2.24, 2.45) is 0 Å². The molecule has 132 valence electrons. The molecule has 0 aliphatic carbocycles. The Morgan fingerprint density at radius 1 is 1.28 bits per heavy atom. The van der Waals surface area contributed by atoms with Crippen LogP contribution in [0.15, 0.2) is 53.5 Å². The first-order valence-corrected chi connectivity index (χ1v) is 8.48. The van der Waals surface area contributed by atoms with E-state index >= 15 is 0 Å². The van der Waals surface area contributed by atoms with Gasteiger partial charge in [-0.1, -0.05) is 12.1 Å². The number of nitrogens with one attached hydrogen (secondary N) is 1. The molecule has 2 aromatic heterocycles. The third-order valence-corrected chi connectivity index (χ3v) is 4.57. The Kier molecular flexibility index (Phi) is 4.79. The van der Waals surface area contributed by atoms with Gasteiger partial charge in [0.25, 0.3) is 0 Å². The fourth-order valence-corrected chi connectivity index (χ4v) is 3.08. The van der Waals surface area contributed by atoms with Crippen LogP contribution in [0.4, 0.5) is 0 Å². The number of rotatable bonds is 6. The summed E-state index contributed by atoms with van der Waals surface area (Å²) in [6, 6.07) is 10.3. The first-order valence-electron chi connectivity index (χ1n) is 8.48. The molecule has 0 saturated heterocycles. The second-order valence-corrected chi connectivity index (χ2v) is 6.76. The second-order valence-electron chi connectivity index (χ2n) is 6.76. The van der Waals surface area contributed by atoms with E-state index in [1.807, 2.05) is 37.6 Å². The first-order chi connectivity index (χ1) is 11.9. The minimum atomic E-state index is -0.979. The van der Waals surface area contributed by atoms with Crippen molar-refractivity contribution in [3.63, 3.8) is 0 Å². The van der Waals surface area contributed by atoms with Crippen molar-refractivity contribution >= 4 is 0 Å². The molecule has 2 atom stereocenters. The van der Waals surface area contributed by atoms with Crippen molar-refractivity contribution in [2.45, 2.75) is 39.3 Å². The zero-order valence-corrected chi connectivity index (χ0v) is 15.2. The average molecular weight is 339 g/mol. The number of hydrogen-bond donors (Lipinski definition) is 2. The standard InChI is InChI=1S/C20H25N3O2/c1-14-11-19(16(3)25-14)20(4,24)12-22-15(2)17-5-7-18(8-6-17)23-10-9-21-13-23/h5-11,13,15,22,24H,12H2,1-4H3. The molecule has 2 heterocycles. The number of benzene rings is 1. The second kappa shape index (κ2) is 6.86. The van der Waals surface area contributed by atoms with Crippen molar-refractivity contribution in [1.82, 2.24) is 14.9 Å². The van der Waals surface area contributed by atoms with E-state index in [0.717, 1.165) is 22.8 Å². The van der Waals surface area contributed by atoms with Gasteiger partial charge in [0.05, 0.1) is 6.33 Å². The largest absolute Gasteiger partial charge is 0.466 e. The molecule has 3 rings (SSSR count). The van der Waals surface area contributed by atoms with E-state index in [1.165, 1.54) is 5.56 Å². The van der Waals surface area contributed by atoms with Crippen LogP contribution in [0.1, 0.15) is 42.5 Å². The van der Waals surface area contributed by atoms with E-state index in [-0.39, 0.29) is 6.04 Å². The quantitative estimate of drug-likeness (QED) is 0.720. The maximum absolute atomic E-state index is 10.8. The summed E-state index contributed by atoms with van der Waals surface area (Å²) in [6.45, 7) is 8.12. The molecule has 0 radical (unpaired) electrons. The molecule has 0 fully saturated rings. The maximum Gasteiger partial charge on any atom is 0.107 e. The fourth-order valence-electron chi connectivity index (χ4n) is 3.08. The maximum atomic E-state index is 10.8. The lowest BCUT2D eigenvalue weighted by molar-refractivity contribution is 0.0529. The summed E-state index contributed by atoms with van der Waals surface area (Å²) in [7, 11) is 0. The predicted molar refractivity (Wildman–Crippen MR) is 97.7 cm³/mol. The molecular weight excluding hydrogens is 314 g/mol. The minimum absolute atomic E-state index is 0.122. The minimum Gasteiger partial charge on any atom is -0.466 e. The zero-order chi connectivity index (χ0) is 18.0. The molecule has 0 spiro atoms. The van der Waals surface area contributed by atoms with Crippen LogP contribution in [0.2, 0.25) is 0 Å². The fraction of sp³-hybridized carbons (Fsp3) is 0.350. The Bertz CT molecular complexity index is 817. The molecule has 5 nitrogen and oxygen atoms in total. The topological polar surface area (TPSA) is 63.2 Å². The first kappa shape index (κ1) is 17.5. The van der Waals surface area contributed by atoms with Gasteiger partial charge < -0.3 is 19.4 Å². The Morgan fingerprint density at radius 2 is 2.00 bits per heavy atom. The van der Waals surface area contributed by atoms with E-state index in [1.54, 1.807) is 12.5 Å². The van der Waals surface area contributed by atoms with Gasteiger partial charge in [-0.3, -0.25) is 0 Å². The predicted octanol–water partition coefficient (Wildman–Crippen LogP) is 3.64. The summed E-state index contributed by atoms with van der Waals surface area (Å²) in [5, 5.41) is 14.2. The number of hydrogen-bond acceptors (Lipinski definition) is 4. The lowest BCUT2D eigenvalue weighted by atomic mass is 9.95. The molecule has 0 amide bonds. The summed E-state index contributed by atoms with van der Waals surface area (Å²) in [5.74, 6) is 1.58. The van der Waals surface area contributed by atoms with Crippen LogP contribution in [0, 0.1) is 13.8 Å². The highest BCUT2D eigenvalue weighted by Gasteiger charge is 2.28. The molecule has 1 aromatic carbocycles. The number of imidazole rings is 1. The molecule has 2 unspecified atom stereocenters. The number of aliphatic hydroxyl groups is 1. The summed E-state index contributed by atoms with van der Waals surface area (Å²) in [5.41, 5.74) is 2.09. The Hall–Kier alpha value is -2.37. The van der Waals surface area contributed by atoms with Crippen molar-refractivity contribution in [1.29, 1.82) is 0 Å². The monoisotopic (exact) mass is 339 g/mol. The van der Waals surface area contributed by atoms with Gasteiger partial charge >= 0.3 is 0 Å². The molecule has 2 N–H and O–H groups in total. The number of nitrogens with zero attached hydrogens (tertiary/aromatic N) is 2. The third-order valence-electron chi connectivity index (χ3n) is 4.57. The molecule has 0 bridgehead atoms. The van der Waals surface area contributed by atoms with Gasteiger partial charge in [0.1, 0.15) is 17.1 Å². The van der Waals surface area contributed by atoms with E-state index in [0.29, 0.717) is 6.54 Å². The Morgan fingerprint density at radius 3 is 2.56 bits per heavy atom. The van der Waals surface area contributed by atoms with Crippen molar-refractivity contribution in [3.05, 3.63) is 71.7 Å². The molecule has 0 aliphatic heterocycles. The van der Waals surface area contributed by atoms with Crippen LogP contribution in [-0.4, -0.2) is 21.2 Å². The highest BCUT2D eigenvalue weighted by atomic mass is 16.3. The van der Waals surface area contributed by atoms with Crippen LogP contribution in [0.3, 0.4) is 0 Å². The number of aromatic nitrogens is 2. The van der Waals surface area contributed by atoms with Gasteiger partial charge in [0, 0.05) is 36.2 Å². The molecule has 25 heavy (non-hydrogen) atoms. The van der Waals surface area contributed by atoms with Gasteiger partial charge in [-0.2, -0.15) is 0 Å². The van der Waals surface area contributed by atoms with Crippen LogP contribution in [0.5, 0.6) is 0 Å². The van der Waals surface area contributed by atoms with Gasteiger partial charge in [0.15, 0.2) is 0 Å². The van der Waals surface area contributed by atoms with E-state index in [2.05, 4.69) is 41.5 Å². The van der Waals surface area contributed by atoms with Gasteiger partial charge in [-0.05, 0) is 51.5 Å². The summed E-state index contributed by atoms with van der Waals surface area (Å²) >= 11 is 0. The highest BCUT2D eigenvalue weighted by Crippen LogP contribution is 2.27. The Labute approximate surface area is 148 Å². The van der Waals surface area contributed by atoms with Crippen molar-refractivity contribution in [3.8, 4) is 5.69 Å². The molecule has 3 aromatic rings. The van der Waals surface area contributed by atoms with Gasteiger partial charge in [-0.25, -0.2) is 4.98 Å². The van der Waals surface area contributed by atoms with Crippen molar-refractivity contribution in [2.75, 3.05) is 6.54 Å². The summed E-state index contributed by atoms with van der Waals surface area (Å²) in [4.78, 5) is 4.07. The molecule has 0 saturated carbocycles. The van der Waals surface area contributed by atoms with Crippen LogP contribution >= 0.6 is 0 Å². The SMILES string of the molecule is Cc1cc(C(C)(O)CNC(C)c2ccc(-n3ccnc3)cc2)c(C)o1. The van der Waals surface area contributed by atoms with E-state index in [9.17, 15) is 5.11 Å². The highest BCUT2D eigenvalue weighted by molar-refractivity contribution is 5.35. The molecular formula is C20H25N3O2. The lowest BCUT2D eigenvalue weighted by Gasteiger charge is -2.26. The lowest BCUT2D eigenvalue weighted by Crippen LogP contribution is -2.36. The normalized spacial score (nSPS) is 15.1. The molecule has 5 heteroatoms. The zero-order valence-electron chi connectivity index (χ0n) is 15.2. The molecule has 0 aliphatic rings. The van der Waals surface area contributed by atoms with E-state index < -0.39 is 5.60 Å². The van der Waals surface area contributed by atoms with Gasteiger partial charge in [0.2, 0.25) is 0 Å². The van der Waals surface area contributed by atoms with Gasteiger partial charge in [-0.15, -0.1) is 0 Å². The van der Waals surface area contributed by atoms with Crippen molar-refractivity contribution < 1.29 is 9.52 Å². The number of aryl methyl sites for hydroxylation is 2. The van der Waals surface area contributed by atoms with E-state index in [4.69, 9.17) is 4.42 Å². The summed E-state index contributed by atoms with van der Waals surface area (Å²) in [6.07, 6.45) is 5.46. The van der Waals surface area contributed by atoms with Crippen LogP contribution in [-0.2, 0) is 5.60 Å². The summed E-state index contributed by atoms with van der Waals surface area (Å²) < 4.78 is 7.51. The Balaban J connectivity index is 1.66. The smallest absolute Gasteiger partial charge is 0.107 e. The number of furan rings is 1. The third kappa shape index (κ3) is 3.83. The van der Waals surface area contributed by atoms with Crippen LogP contribution in [0.25, 0.3) is 5.69 Å². The van der Waals surface area contributed by atoms with Crippen LogP contribution < -0.4 is 5.32 Å².